The number of benzene rings is 1. The van der Waals surface area contributed by atoms with E-state index >= 15 is 0 Å². The summed E-state index contributed by atoms with van der Waals surface area (Å²) in [5.74, 6) is 2.81. The van der Waals surface area contributed by atoms with Crippen molar-refractivity contribution in [3.63, 3.8) is 0 Å². The Hall–Kier alpha value is -1.79. The second-order valence-corrected chi connectivity index (χ2v) is 6.88. The van der Waals surface area contributed by atoms with E-state index in [0.29, 0.717) is 23.1 Å². The molecule has 1 aromatic carbocycles. The average Bonchev–Trinajstić information content (AvgIpc) is 3.19. The van der Waals surface area contributed by atoms with E-state index in [-0.39, 0.29) is 0 Å². The van der Waals surface area contributed by atoms with Crippen LogP contribution in [0.2, 0.25) is 10.0 Å². The quantitative estimate of drug-likeness (QED) is 0.639. The molecule has 0 saturated carbocycles. The first-order valence-electron chi connectivity index (χ1n) is 8.42. The molecule has 1 aromatic heterocycles. The normalized spacial score (nSPS) is 13.8. The molecule has 8 heteroatoms. The lowest BCUT2D eigenvalue weighted by Gasteiger charge is -2.22. The molecular formula is C17H22Cl2N6. The summed E-state index contributed by atoms with van der Waals surface area (Å²) in [6, 6.07) is 5.67. The Labute approximate surface area is 157 Å². The summed E-state index contributed by atoms with van der Waals surface area (Å²) < 4.78 is 2.17. The van der Waals surface area contributed by atoms with Crippen molar-refractivity contribution in [1.82, 2.24) is 25.0 Å². The molecule has 0 fully saturated rings. The molecular weight excluding hydrogens is 359 g/mol. The summed E-state index contributed by atoms with van der Waals surface area (Å²) in [6.07, 6.45) is 2.15. The highest BCUT2D eigenvalue weighted by Gasteiger charge is 2.17. The number of nitrogens with one attached hydrogen (secondary N) is 1. The van der Waals surface area contributed by atoms with Gasteiger partial charge in [0.15, 0.2) is 11.8 Å². The number of rotatable bonds is 5. The van der Waals surface area contributed by atoms with E-state index in [2.05, 4.69) is 31.9 Å². The Morgan fingerprint density at radius 2 is 2.16 bits per heavy atom. The second-order valence-electron chi connectivity index (χ2n) is 6.06. The van der Waals surface area contributed by atoms with Crippen LogP contribution in [0.25, 0.3) is 0 Å². The standard InChI is InChI=1S/C17H22Cl2N6/c1-3-20-17(21-10-16-23-22-15-5-4-8-25(15)16)24(2)11-12-6-7-13(18)14(19)9-12/h6-7,9H,3-5,8,10-11H2,1-2H3,(H,20,21). The van der Waals surface area contributed by atoms with Gasteiger partial charge in [0.1, 0.15) is 12.4 Å². The van der Waals surface area contributed by atoms with Gasteiger partial charge in [-0.15, -0.1) is 10.2 Å². The fourth-order valence-corrected chi connectivity index (χ4v) is 3.25. The zero-order chi connectivity index (χ0) is 17.8. The van der Waals surface area contributed by atoms with Crippen molar-refractivity contribution in [2.24, 2.45) is 4.99 Å². The molecule has 0 atom stereocenters. The van der Waals surface area contributed by atoms with E-state index in [4.69, 9.17) is 28.2 Å². The number of guanidine groups is 1. The van der Waals surface area contributed by atoms with Gasteiger partial charge in [0.2, 0.25) is 0 Å². The van der Waals surface area contributed by atoms with Gasteiger partial charge >= 0.3 is 0 Å². The number of halogens is 2. The van der Waals surface area contributed by atoms with Gasteiger partial charge in [0.05, 0.1) is 10.0 Å². The molecule has 0 amide bonds. The number of hydrogen-bond acceptors (Lipinski definition) is 3. The Morgan fingerprint density at radius 3 is 2.92 bits per heavy atom. The predicted octanol–water partition coefficient (Wildman–Crippen LogP) is 3.13. The Balaban J connectivity index is 1.71. The Bertz CT molecular complexity index is 770. The van der Waals surface area contributed by atoms with E-state index in [1.165, 1.54) is 0 Å². The molecule has 1 N–H and O–H groups in total. The molecule has 0 aliphatic carbocycles. The first-order valence-corrected chi connectivity index (χ1v) is 9.18. The number of aliphatic imine (C=N–C) groups is 1. The maximum atomic E-state index is 6.11. The van der Waals surface area contributed by atoms with Crippen LogP contribution in [0.4, 0.5) is 0 Å². The minimum atomic E-state index is 0.515. The summed E-state index contributed by atoms with van der Waals surface area (Å²) in [7, 11) is 2.00. The van der Waals surface area contributed by atoms with E-state index in [0.717, 1.165) is 49.1 Å². The number of nitrogens with zero attached hydrogens (tertiary/aromatic N) is 5. The van der Waals surface area contributed by atoms with Gasteiger partial charge in [0.25, 0.3) is 0 Å². The van der Waals surface area contributed by atoms with Crippen LogP contribution >= 0.6 is 23.2 Å². The molecule has 2 aromatic rings. The topological polar surface area (TPSA) is 58.3 Å². The number of aryl methyl sites for hydroxylation is 1. The number of aromatic nitrogens is 3. The largest absolute Gasteiger partial charge is 0.357 e. The van der Waals surface area contributed by atoms with Crippen molar-refractivity contribution in [2.45, 2.75) is 39.4 Å². The van der Waals surface area contributed by atoms with Crippen molar-refractivity contribution in [3.05, 3.63) is 45.5 Å². The van der Waals surface area contributed by atoms with Gasteiger partial charge in [0, 0.05) is 33.1 Å². The van der Waals surface area contributed by atoms with Gasteiger partial charge in [-0.3, -0.25) is 0 Å². The lowest BCUT2D eigenvalue weighted by atomic mass is 10.2. The van der Waals surface area contributed by atoms with E-state index in [1.54, 1.807) is 0 Å². The maximum Gasteiger partial charge on any atom is 0.194 e. The molecule has 3 rings (SSSR count). The smallest absolute Gasteiger partial charge is 0.194 e. The first kappa shape index (κ1) is 18.0. The molecule has 1 aliphatic rings. The summed E-state index contributed by atoms with van der Waals surface area (Å²) in [5, 5.41) is 12.9. The zero-order valence-corrected chi connectivity index (χ0v) is 16.0. The van der Waals surface area contributed by atoms with E-state index in [9.17, 15) is 0 Å². The highest BCUT2D eigenvalue weighted by atomic mass is 35.5. The van der Waals surface area contributed by atoms with Crippen LogP contribution in [0.1, 0.15) is 30.6 Å². The van der Waals surface area contributed by atoms with Crippen LogP contribution in [-0.2, 0) is 26.1 Å². The molecule has 1 aliphatic heterocycles. The van der Waals surface area contributed by atoms with Crippen LogP contribution in [-0.4, -0.2) is 39.2 Å². The van der Waals surface area contributed by atoms with Gasteiger partial charge in [-0.25, -0.2) is 4.99 Å². The van der Waals surface area contributed by atoms with Crippen molar-refractivity contribution < 1.29 is 0 Å². The second kappa shape index (κ2) is 8.06. The molecule has 0 bridgehead atoms. The minimum absolute atomic E-state index is 0.515. The molecule has 6 nitrogen and oxygen atoms in total. The van der Waals surface area contributed by atoms with Crippen LogP contribution in [0.5, 0.6) is 0 Å². The Kier molecular flexibility index (Phi) is 5.81. The molecule has 0 radical (unpaired) electrons. The Morgan fingerprint density at radius 1 is 1.32 bits per heavy atom. The molecule has 2 heterocycles. The third-order valence-electron chi connectivity index (χ3n) is 4.16. The van der Waals surface area contributed by atoms with Gasteiger partial charge < -0.3 is 14.8 Å². The number of fused-ring (bicyclic) bond motifs is 1. The average molecular weight is 381 g/mol. The van der Waals surface area contributed by atoms with Gasteiger partial charge in [-0.1, -0.05) is 29.3 Å². The summed E-state index contributed by atoms with van der Waals surface area (Å²) in [4.78, 5) is 6.78. The predicted molar refractivity (Wildman–Crippen MR) is 101 cm³/mol. The van der Waals surface area contributed by atoms with Gasteiger partial charge in [-0.05, 0) is 31.0 Å². The summed E-state index contributed by atoms with van der Waals surface area (Å²) in [6.45, 7) is 5.03. The van der Waals surface area contributed by atoms with Crippen molar-refractivity contribution >= 4 is 29.2 Å². The van der Waals surface area contributed by atoms with Crippen LogP contribution in [0.3, 0.4) is 0 Å². The first-order chi connectivity index (χ1) is 12.1. The molecule has 0 saturated heterocycles. The molecule has 134 valence electrons. The van der Waals surface area contributed by atoms with Crippen LogP contribution in [0.15, 0.2) is 23.2 Å². The van der Waals surface area contributed by atoms with Crippen LogP contribution < -0.4 is 5.32 Å². The third kappa shape index (κ3) is 4.25. The molecule has 0 unspecified atom stereocenters. The third-order valence-corrected chi connectivity index (χ3v) is 4.90. The zero-order valence-electron chi connectivity index (χ0n) is 14.5. The van der Waals surface area contributed by atoms with E-state index in [1.807, 2.05) is 25.2 Å². The maximum absolute atomic E-state index is 6.11. The van der Waals surface area contributed by atoms with Crippen molar-refractivity contribution in [2.75, 3.05) is 13.6 Å². The van der Waals surface area contributed by atoms with Crippen molar-refractivity contribution in [1.29, 1.82) is 0 Å². The van der Waals surface area contributed by atoms with E-state index < -0.39 is 0 Å². The summed E-state index contributed by atoms with van der Waals surface area (Å²) in [5.41, 5.74) is 1.07. The number of hydrogen-bond donors (Lipinski definition) is 1. The lowest BCUT2D eigenvalue weighted by molar-refractivity contribution is 0.476. The molecule has 0 spiro atoms. The minimum Gasteiger partial charge on any atom is -0.357 e. The lowest BCUT2D eigenvalue weighted by Crippen LogP contribution is -2.38. The molecule has 25 heavy (non-hydrogen) atoms. The SMILES string of the molecule is CCNC(=NCc1nnc2n1CCC2)N(C)Cc1ccc(Cl)c(Cl)c1. The fourth-order valence-electron chi connectivity index (χ4n) is 2.93. The summed E-state index contributed by atoms with van der Waals surface area (Å²) >= 11 is 12.1. The van der Waals surface area contributed by atoms with Gasteiger partial charge in [-0.2, -0.15) is 0 Å². The van der Waals surface area contributed by atoms with Crippen molar-refractivity contribution in [3.8, 4) is 0 Å². The highest BCUT2D eigenvalue weighted by molar-refractivity contribution is 6.42. The fraction of sp³-hybridized carbons (Fsp3) is 0.471. The monoisotopic (exact) mass is 380 g/mol. The van der Waals surface area contributed by atoms with Crippen LogP contribution in [0, 0.1) is 0 Å². The highest BCUT2D eigenvalue weighted by Crippen LogP contribution is 2.23.